The zero-order valence-corrected chi connectivity index (χ0v) is 16.5. The number of nitrogens with zero attached hydrogens (tertiary/aromatic N) is 3. The van der Waals surface area contributed by atoms with Gasteiger partial charge in [0.05, 0.1) is 5.75 Å². The maximum atomic E-state index is 9.60. The van der Waals surface area contributed by atoms with Crippen LogP contribution in [-0.2, 0) is 0 Å². The van der Waals surface area contributed by atoms with E-state index in [1.807, 2.05) is 42.5 Å². The Kier molecular flexibility index (Phi) is 5.98. The van der Waals surface area contributed by atoms with Crippen LogP contribution in [0.2, 0.25) is 0 Å². The molecule has 4 rings (SSSR count). The lowest BCUT2D eigenvalue weighted by Gasteiger charge is -2.25. The molecule has 1 aromatic heterocycles. The molecule has 1 N–H and O–H groups in total. The molecular weight excluding hydrogens is 366 g/mol. The monoisotopic (exact) mass is 389 g/mol. The Bertz CT molecular complexity index is 965. The van der Waals surface area contributed by atoms with Gasteiger partial charge in [-0.25, -0.2) is 0 Å². The molecule has 28 heavy (non-hydrogen) atoms. The second kappa shape index (κ2) is 8.99. The van der Waals surface area contributed by atoms with E-state index in [-0.39, 0.29) is 5.75 Å². The standard InChI is InChI=1S/C23H23N3OS/c27-21-15-13-19(14-16-21)22-24-25-23(26(22)20-11-5-2-6-12-20)28-17-7-10-18-8-3-1-4-9-18/h1,3-4,8-9,13-16,20,27H,2,5-6,11-12,17H2. The van der Waals surface area contributed by atoms with Crippen molar-refractivity contribution in [2.75, 3.05) is 5.75 Å². The molecule has 0 bridgehead atoms. The maximum absolute atomic E-state index is 9.60. The second-order valence-electron chi connectivity index (χ2n) is 6.97. The fourth-order valence-corrected chi connectivity index (χ4v) is 4.36. The number of aromatic nitrogens is 3. The average Bonchev–Trinajstić information content (AvgIpc) is 3.17. The van der Waals surface area contributed by atoms with E-state index in [0.717, 1.165) is 34.9 Å². The van der Waals surface area contributed by atoms with Crippen molar-refractivity contribution in [1.29, 1.82) is 0 Å². The number of hydrogen-bond donors (Lipinski definition) is 1. The van der Waals surface area contributed by atoms with Crippen LogP contribution in [0.25, 0.3) is 11.4 Å². The molecule has 4 nitrogen and oxygen atoms in total. The number of rotatable bonds is 4. The number of phenolic OH excluding ortho intramolecular Hbond substituents is 1. The van der Waals surface area contributed by atoms with Gasteiger partial charge in [-0.1, -0.05) is 61.1 Å². The van der Waals surface area contributed by atoms with E-state index in [1.165, 1.54) is 19.3 Å². The average molecular weight is 390 g/mol. The number of phenols is 1. The number of thioether (sulfide) groups is 1. The van der Waals surface area contributed by atoms with Crippen molar-refractivity contribution in [2.24, 2.45) is 0 Å². The molecular formula is C23H23N3OS. The molecule has 0 spiro atoms. The van der Waals surface area contributed by atoms with Gasteiger partial charge in [-0.3, -0.25) is 4.57 Å². The van der Waals surface area contributed by atoms with E-state index in [2.05, 4.69) is 26.6 Å². The van der Waals surface area contributed by atoms with Crippen molar-refractivity contribution in [1.82, 2.24) is 14.8 Å². The van der Waals surface area contributed by atoms with Gasteiger partial charge in [0.25, 0.3) is 0 Å². The summed E-state index contributed by atoms with van der Waals surface area (Å²) in [4.78, 5) is 0. The summed E-state index contributed by atoms with van der Waals surface area (Å²) in [5, 5.41) is 19.5. The van der Waals surface area contributed by atoms with Crippen molar-refractivity contribution >= 4 is 11.8 Å². The van der Waals surface area contributed by atoms with Gasteiger partial charge in [0.15, 0.2) is 11.0 Å². The van der Waals surface area contributed by atoms with E-state index in [1.54, 1.807) is 23.9 Å². The Morgan fingerprint density at radius 1 is 0.964 bits per heavy atom. The van der Waals surface area contributed by atoms with Gasteiger partial charge in [0, 0.05) is 17.2 Å². The zero-order chi connectivity index (χ0) is 19.2. The third kappa shape index (κ3) is 4.40. The van der Waals surface area contributed by atoms with Crippen LogP contribution in [0.3, 0.4) is 0 Å². The highest BCUT2D eigenvalue weighted by atomic mass is 32.2. The Morgan fingerprint density at radius 2 is 1.71 bits per heavy atom. The molecule has 1 aliphatic rings. The molecule has 0 amide bonds. The third-order valence-electron chi connectivity index (χ3n) is 5.01. The predicted molar refractivity (Wildman–Crippen MR) is 113 cm³/mol. The Morgan fingerprint density at radius 3 is 2.46 bits per heavy atom. The molecule has 142 valence electrons. The highest BCUT2D eigenvalue weighted by Crippen LogP contribution is 2.35. The Hall–Kier alpha value is -2.71. The molecule has 0 atom stereocenters. The maximum Gasteiger partial charge on any atom is 0.192 e. The van der Waals surface area contributed by atoms with Crippen LogP contribution in [0.1, 0.15) is 43.7 Å². The van der Waals surface area contributed by atoms with Gasteiger partial charge in [-0.15, -0.1) is 10.2 Å². The largest absolute Gasteiger partial charge is 0.508 e. The van der Waals surface area contributed by atoms with Crippen molar-refractivity contribution in [2.45, 2.75) is 43.3 Å². The van der Waals surface area contributed by atoms with Gasteiger partial charge in [0.1, 0.15) is 5.75 Å². The van der Waals surface area contributed by atoms with Crippen LogP contribution in [-0.4, -0.2) is 25.6 Å². The van der Waals surface area contributed by atoms with Gasteiger partial charge in [0.2, 0.25) is 0 Å². The normalized spacial score (nSPS) is 14.4. The fraction of sp³-hybridized carbons (Fsp3) is 0.304. The third-order valence-corrected chi connectivity index (χ3v) is 5.84. The Labute approximate surface area is 170 Å². The van der Waals surface area contributed by atoms with Gasteiger partial charge in [-0.05, 0) is 49.2 Å². The van der Waals surface area contributed by atoms with Crippen molar-refractivity contribution in [3.8, 4) is 29.0 Å². The van der Waals surface area contributed by atoms with E-state index in [9.17, 15) is 5.11 Å². The van der Waals surface area contributed by atoms with Crippen LogP contribution in [0.5, 0.6) is 5.75 Å². The van der Waals surface area contributed by atoms with Crippen LogP contribution >= 0.6 is 11.8 Å². The molecule has 3 aromatic rings. The molecule has 0 radical (unpaired) electrons. The molecule has 0 aliphatic heterocycles. The fourth-order valence-electron chi connectivity index (χ4n) is 3.61. The minimum Gasteiger partial charge on any atom is -0.508 e. The molecule has 0 saturated heterocycles. The summed E-state index contributed by atoms with van der Waals surface area (Å²) in [5.74, 6) is 8.26. The first-order chi connectivity index (χ1) is 13.8. The summed E-state index contributed by atoms with van der Waals surface area (Å²) in [7, 11) is 0. The highest BCUT2D eigenvalue weighted by molar-refractivity contribution is 7.99. The predicted octanol–water partition coefficient (Wildman–Crippen LogP) is 5.30. The minimum absolute atomic E-state index is 0.262. The first-order valence-corrected chi connectivity index (χ1v) is 10.7. The minimum atomic E-state index is 0.262. The molecule has 1 aliphatic carbocycles. The number of aromatic hydroxyl groups is 1. The summed E-state index contributed by atoms with van der Waals surface area (Å²) < 4.78 is 2.29. The van der Waals surface area contributed by atoms with E-state index >= 15 is 0 Å². The van der Waals surface area contributed by atoms with Crippen molar-refractivity contribution < 1.29 is 5.11 Å². The van der Waals surface area contributed by atoms with Crippen LogP contribution < -0.4 is 0 Å². The van der Waals surface area contributed by atoms with Gasteiger partial charge in [-0.2, -0.15) is 0 Å². The lowest BCUT2D eigenvalue weighted by Crippen LogP contribution is -2.15. The summed E-state index contributed by atoms with van der Waals surface area (Å²) in [6.07, 6.45) is 6.11. The topological polar surface area (TPSA) is 50.9 Å². The summed E-state index contributed by atoms with van der Waals surface area (Å²) in [6.45, 7) is 0. The summed E-state index contributed by atoms with van der Waals surface area (Å²) >= 11 is 1.64. The van der Waals surface area contributed by atoms with E-state index in [4.69, 9.17) is 0 Å². The molecule has 2 aromatic carbocycles. The molecule has 0 unspecified atom stereocenters. The highest BCUT2D eigenvalue weighted by Gasteiger charge is 2.23. The van der Waals surface area contributed by atoms with E-state index in [0.29, 0.717) is 11.8 Å². The zero-order valence-electron chi connectivity index (χ0n) is 15.7. The van der Waals surface area contributed by atoms with Crippen molar-refractivity contribution in [3.63, 3.8) is 0 Å². The van der Waals surface area contributed by atoms with Crippen LogP contribution in [0, 0.1) is 11.8 Å². The lowest BCUT2D eigenvalue weighted by molar-refractivity contribution is 0.339. The van der Waals surface area contributed by atoms with Crippen LogP contribution in [0.15, 0.2) is 59.8 Å². The smallest absolute Gasteiger partial charge is 0.192 e. The van der Waals surface area contributed by atoms with Gasteiger partial charge < -0.3 is 5.11 Å². The molecule has 5 heteroatoms. The van der Waals surface area contributed by atoms with Crippen LogP contribution in [0.4, 0.5) is 0 Å². The molecule has 1 fully saturated rings. The van der Waals surface area contributed by atoms with Crippen molar-refractivity contribution in [3.05, 3.63) is 60.2 Å². The summed E-state index contributed by atoms with van der Waals surface area (Å²) in [5.41, 5.74) is 2.01. The Balaban J connectivity index is 1.58. The second-order valence-corrected chi connectivity index (χ2v) is 7.91. The quantitative estimate of drug-likeness (QED) is 0.486. The first-order valence-electron chi connectivity index (χ1n) is 9.72. The van der Waals surface area contributed by atoms with Gasteiger partial charge >= 0.3 is 0 Å². The number of hydrogen-bond acceptors (Lipinski definition) is 4. The first kappa shape index (κ1) is 18.6. The van der Waals surface area contributed by atoms with E-state index < -0.39 is 0 Å². The number of benzene rings is 2. The SMILES string of the molecule is Oc1ccc(-c2nnc(SCC#Cc3ccccc3)n2C2CCCCC2)cc1. The molecule has 1 saturated carbocycles. The molecule has 1 heterocycles. The lowest BCUT2D eigenvalue weighted by atomic mass is 9.95. The summed E-state index contributed by atoms with van der Waals surface area (Å²) in [6, 6.07) is 17.7.